The number of urea groups is 1. The quantitative estimate of drug-likeness (QED) is 0.731. The summed E-state index contributed by atoms with van der Waals surface area (Å²) in [5, 5.41) is 7.60. The van der Waals surface area contributed by atoms with Gasteiger partial charge < -0.3 is 19.4 Å². The SMILES string of the molecule is O=C(N1CC(c2ccc(N3CC4(CCOC4)C3)nc2)C1)N1CC2(CC(c3n[nH]c(C4CC4)n3)C2)C1. The summed E-state index contributed by atoms with van der Waals surface area (Å²) >= 11 is 0. The Balaban J connectivity index is 0.799. The molecule has 6 heterocycles. The molecule has 2 aromatic heterocycles. The molecule has 35 heavy (non-hydrogen) atoms. The predicted molar refractivity (Wildman–Crippen MR) is 128 cm³/mol. The standard InChI is InChI=1S/C26H33N7O2/c34-24(33-14-26(15-33)7-19(8-26)23-28-22(29-30-23)17-1-2-17)31-10-20(11-31)18-3-4-21(27-9-18)32-12-25(13-32)5-6-35-16-25/h3-4,9,17,19-20H,1-2,5-8,10-16H2,(H,28,29,30). The molecule has 0 unspecified atom stereocenters. The van der Waals surface area contributed by atoms with Crippen LogP contribution >= 0.6 is 0 Å². The third-order valence-electron chi connectivity index (χ3n) is 9.49. The van der Waals surface area contributed by atoms with Crippen molar-refractivity contribution in [2.75, 3.05) is 57.4 Å². The van der Waals surface area contributed by atoms with Crippen molar-refractivity contribution in [3.05, 3.63) is 35.5 Å². The minimum atomic E-state index is 0.207. The highest BCUT2D eigenvalue weighted by molar-refractivity contribution is 5.77. The monoisotopic (exact) mass is 475 g/mol. The summed E-state index contributed by atoms with van der Waals surface area (Å²) in [7, 11) is 0. The third-order valence-corrected chi connectivity index (χ3v) is 9.49. The fourth-order valence-electron chi connectivity index (χ4n) is 7.03. The van der Waals surface area contributed by atoms with Crippen molar-refractivity contribution in [2.24, 2.45) is 10.8 Å². The number of nitrogens with one attached hydrogen (secondary N) is 1. The Bertz CT molecular complexity index is 1120. The molecule has 2 saturated carbocycles. The van der Waals surface area contributed by atoms with E-state index in [0.29, 0.717) is 28.6 Å². The van der Waals surface area contributed by atoms with E-state index in [1.165, 1.54) is 24.8 Å². The smallest absolute Gasteiger partial charge is 0.320 e. The molecule has 2 spiro atoms. The van der Waals surface area contributed by atoms with Gasteiger partial charge >= 0.3 is 6.03 Å². The summed E-state index contributed by atoms with van der Waals surface area (Å²) in [4.78, 5) is 28.8. The highest BCUT2D eigenvalue weighted by Crippen LogP contribution is 2.56. The number of carbonyl (C=O) groups excluding carboxylic acids is 1. The average Bonchev–Trinajstić information content (AvgIpc) is 3.27. The first kappa shape index (κ1) is 20.5. The minimum absolute atomic E-state index is 0.207. The Morgan fingerprint density at radius 3 is 2.51 bits per heavy atom. The number of likely N-dealkylation sites (tertiary alicyclic amines) is 2. The molecule has 4 aliphatic heterocycles. The van der Waals surface area contributed by atoms with Crippen LogP contribution in [-0.4, -0.2) is 88.5 Å². The molecule has 0 atom stereocenters. The lowest BCUT2D eigenvalue weighted by molar-refractivity contribution is -0.0601. The first-order chi connectivity index (χ1) is 17.1. The molecule has 184 valence electrons. The van der Waals surface area contributed by atoms with Crippen LogP contribution in [0.1, 0.15) is 67.1 Å². The fraction of sp³-hybridized carbons (Fsp3) is 0.692. The van der Waals surface area contributed by atoms with Crippen LogP contribution in [0, 0.1) is 10.8 Å². The molecule has 0 bridgehead atoms. The normalized spacial score (nSPS) is 27.0. The van der Waals surface area contributed by atoms with E-state index in [1.54, 1.807) is 0 Å². The Kier molecular flexibility index (Phi) is 4.21. The van der Waals surface area contributed by atoms with Crippen LogP contribution in [0.3, 0.4) is 0 Å². The van der Waals surface area contributed by atoms with Gasteiger partial charge in [-0.1, -0.05) is 6.07 Å². The first-order valence-electron chi connectivity index (χ1n) is 13.3. The van der Waals surface area contributed by atoms with Gasteiger partial charge in [-0.05, 0) is 43.7 Å². The molecule has 9 nitrogen and oxygen atoms in total. The number of hydrogen-bond acceptors (Lipinski definition) is 6. The molecule has 8 rings (SSSR count). The fourth-order valence-corrected chi connectivity index (χ4v) is 7.03. The van der Waals surface area contributed by atoms with Gasteiger partial charge in [-0.15, -0.1) is 0 Å². The third kappa shape index (κ3) is 3.30. The number of aromatic nitrogens is 4. The van der Waals surface area contributed by atoms with E-state index in [-0.39, 0.29) is 6.03 Å². The molecular formula is C26H33N7O2. The maximum Gasteiger partial charge on any atom is 0.320 e. The summed E-state index contributed by atoms with van der Waals surface area (Å²) in [5.74, 6) is 4.63. The summed E-state index contributed by atoms with van der Waals surface area (Å²) in [5.41, 5.74) is 1.93. The van der Waals surface area contributed by atoms with Crippen molar-refractivity contribution in [1.29, 1.82) is 0 Å². The molecule has 6 fully saturated rings. The zero-order valence-corrected chi connectivity index (χ0v) is 20.2. The number of anilines is 1. The molecule has 2 amide bonds. The van der Waals surface area contributed by atoms with Crippen LogP contribution in [-0.2, 0) is 4.74 Å². The zero-order chi connectivity index (χ0) is 23.2. The van der Waals surface area contributed by atoms with Gasteiger partial charge in [-0.2, -0.15) is 5.10 Å². The number of rotatable bonds is 4. The van der Waals surface area contributed by atoms with Gasteiger partial charge in [-0.3, -0.25) is 5.10 Å². The topological polar surface area (TPSA) is 90.5 Å². The number of carbonyl (C=O) groups is 1. The molecule has 0 aromatic carbocycles. The largest absolute Gasteiger partial charge is 0.381 e. The average molecular weight is 476 g/mol. The van der Waals surface area contributed by atoms with Crippen molar-refractivity contribution in [2.45, 2.75) is 49.9 Å². The molecule has 4 saturated heterocycles. The minimum Gasteiger partial charge on any atom is -0.381 e. The first-order valence-corrected chi connectivity index (χ1v) is 13.3. The van der Waals surface area contributed by atoms with Gasteiger partial charge in [0.25, 0.3) is 0 Å². The highest BCUT2D eigenvalue weighted by atomic mass is 16.5. The lowest BCUT2D eigenvalue weighted by Crippen LogP contribution is -2.67. The van der Waals surface area contributed by atoms with E-state index in [2.05, 4.69) is 27.2 Å². The number of ether oxygens (including phenoxy) is 1. The highest BCUT2D eigenvalue weighted by Gasteiger charge is 2.56. The Hall–Kier alpha value is -2.68. The second kappa shape index (κ2) is 7.18. The molecular weight excluding hydrogens is 442 g/mol. The van der Waals surface area contributed by atoms with Gasteiger partial charge in [-0.25, -0.2) is 14.8 Å². The second-order valence-electron chi connectivity index (χ2n) is 12.3. The zero-order valence-electron chi connectivity index (χ0n) is 20.2. The maximum absolute atomic E-state index is 13.0. The number of nitrogens with zero attached hydrogens (tertiary/aromatic N) is 6. The van der Waals surface area contributed by atoms with Crippen molar-refractivity contribution >= 4 is 11.8 Å². The van der Waals surface area contributed by atoms with Gasteiger partial charge in [0.05, 0.1) is 6.61 Å². The maximum atomic E-state index is 13.0. The van der Waals surface area contributed by atoms with Crippen molar-refractivity contribution in [3.8, 4) is 0 Å². The van der Waals surface area contributed by atoms with Crippen LogP contribution in [0.15, 0.2) is 18.3 Å². The number of aromatic amines is 1. The van der Waals surface area contributed by atoms with Crippen molar-refractivity contribution in [1.82, 2.24) is 30.0 Å². The van der Waals surface area contributed by atoms with E-state index in [0.717, 1.165) is 82.8 Å². The summed E-state index contributed by atoms with van der Waals surface area (Å²) in [6.45, 7) is 7.30. The lowest BCUT2D eigenvalue weighted by atomic mass is 9.57. The second-order valence-corrected chi connectivity index (χ2v) is 12.3. The van der Waals surface area contributed by atoms with Gasteiger partial charge in [0.1, 0.15) is 11.6 Å². The molecule has 2 aliphatic carbocycles. The lowest BCUT2D eigenvalue weighted by Gasteiger charge is -2.59. The number of H-pyrrole nitrogens is 1. The number of hydrogen-bond donors (Lipinski definition) is 1. The van der Waals surface area contributed by atoms with Crippen LogP contribution in [0.4, 0.5) is 10.6 Å². The summed E-state index contributed by atoms with van der Waals surface area (Å²) in [6.07, 6.45) is 7.91. The predicted octanol–water partition coefficient (Wildman–Crippen LogP) is 2.70. The number of pyridine rings is 1. The van der Waals surface area contributed by atoms with Crippen LogP contribution in [0.25, 0.3) is 0 Å². The van der Waals surface area contributed by atoms with Gasteiger partial charge in [0.15, 0.2) is 5.82 Å². The van der Waals surface area contributed by atoms with E-state index in [4.69, 9.17) is 14.7 Å². The summed E-state index contributed by atoms with van der Waals surface area (Å²) < 4.78 is 5.58. The van der Waals surface area contributed by atoms with Gasteiger partial charge in [0, 0.05) is 80.7 Å². The van der Waals surface area contributed by atoms with Crippen molar-refractivity contribution in [3.63, 3.8) is 0 Å². The Labute approximate surface area is 205 Å². The van der Waals surface area contributed by atoms with E-state index < -0.39 is 0 Å². The molecule has 1 N–H and O–H groups in total. The van der Waals surface area contributed by atoms with E-state index in [1.807, 2.05) is 16.0 Å². The summed E-state index contributed by atoms with van der Waals surface area (Å²) in [6, 6.07) is 4.56. The molecule has 6 aliphatic rings. The molecule has 9 heteroatoms. The Morgan fingerprint density at radius 1 is 1.00 bits per heavy atom. The molecule has 2 aromatic rings. The van der Waals surface area contributed by atoms with Gasteiger partial charge in [0.2, 0.25) is 0 Å². The van der Waals surface area contributed by atoms with Crippen molar-refractivity contribution < 1.29 is 9.53 Å². The Morgan fingerprint density at radius 2 is 1.83 bits per heavy atom. The van der Waals surface area contributed by atoms with E-state index >= 15 is 0 Å². The number of amides is 2. The van der Waals surface area contributed by atoms with E-state index in [9.17, 15) is 4.79 Å². The van der Waals surface area contributed by atoms with Crippen LogP contribution in [0.2, 0.25) is 0 Å². The van der Waals surface area contributed by atoms with Crippen LogP contribution in [0.5, 0.6) is 0 Å². The molecule has 0 radical (unpaired) electrons. The van der Waals surface area contributed by atoms with Crippen LogP contribution < -0.4 is 4.90 Å².